The van der Waals surface area contributed by atoms with Gasteiger partial charge in [0.05, 0.1) is 16.2 Å². The van der Waals surface area contributed by atoms with Crippen LogP contribution in [0.4, 0.5) is 11.5 Å². The van der Waals surface area contributed by atoms with Gasteiger partial charge < -0.3 is 16.0 Å². The summed E-state index contributed by atoms with van der Waals surface area (Å²) in [6, 6.07) is 10.9. The standard InChI is InChI=1S/C26H25Cl2N7O4S/c27-20-4-1-5-21(23(20)28)40(38,39)33-17-9-7-16(8-10-17)18-14-31-25-19(15-32-35(25)24(18)29)26(37)30-11-3-13-34-12-2-6-22(34)36/h1,4-5,7-10,14-15,33H,2-3,6,11-13,29H2,(H,30,37). The lowest BCUT2D eigenvalue weighted by Crippen LogP contribution is -2.30. The number of benzene rings is 2. The quantitative estimate of drug-likeness (QED) is 0.246. The van der Waals surface area contributed by atoms with E-state index in [-0.39, 0.29) is 38.1 Å². The number of carbonyl (C=O) groups is 2. The van der Waals surface area contributed by atoms with E-state index in [0.29, 0.717) is 48.4 Å². The number of nitrogens with zero attached hydrogens (tertiary/aromatic N) is 4. The molecule has 208 valence electrons. The van der Waals surface area contributed by atoms with Crippen LogP contribution >= 0.6 is 23.2 Å². The molecule has 1 saturated heterocycles. The van der Waals surface area contributed by atoms with Crippen LogP contribution in [0.25, 0.3) is 16.8 Å². The maximum atomic E-state index is 12.8. The second-order valence-electron chi connectivity index (χ2n) is 9.18. The molecule has 14 heteroatoms. The van der Waals surface area contributed by atoms with Gasteiger partial charge in [-0.3, -0.25) is 14.3 Å². The van der Waals surface area contributed by atoms with E-state index in [2.05, 4.69) is 20.1 Å². The number of aromatic nitrogens is 3. The number of nitrogens with one attached hydrogen (secondary N) is 2. The predicted octanol–water partition coefficient (Wildman–Crippen LogP) is 3.83. The lowest BCUT2D eigenvalue weighted by Gasteiger charge is -2.15. The molecular formula is C26H25Cl2N7O4S. The summed E-state index contributed by atoms with van der Waals surface area (Å²) in [4.78, 5) is 30.5. The van der Waals surface area contributed by atoms with Crippen molar-refractivity contribution in [2.75, 3.05) is 30.1 Å². The highest BCUT2D eigenvalue weighted by Gasteiger charge is 2.22. The zero-order valence-corrected chi connectivity index (χ0v) is 23.4. The molecule has 2 amide bonds. The third-order valence-electron chi connectivity index (χ3n) is 6.52. The van der Waals surface area contributed by atoms with Gasteiger partial charge in [-0.05, 0) is 42.7 Å². The number of fused-ring (bicyclic) bond motifs is 1. The predicted molar refractivity (Wildman–Crippen MR) is 153 cm³/mol. The van der Waals surface area contributed by atoms with Gasteiger partial charge in [-0.25, -0.2) is 13.4 Å². The van der Waals surface area contributed by atoms with E-state index in [1.807, 2.05) is 4.90 Å². The van der Waals surface area contributed by atoms with Gasteiger partial charge in [-0.1, -0.05) is 41.4 Å². The second kappa shape index (κ2) is 11.3. The van der Waals surface area contributed by atoms with Crippen LogP contribution in [-0.2, 0) is 14.8 Å². The molecule has 0 bridgehead atoms. The van der Waals surface area contributed by atoms with Crippen LogP contribution in [-0.4, -0.2) is 59.4 Å². The zero-order chi connectivity index (χ0) is 28.4. The van der Waals surface area contributed by atoms with Crippen LogP contribution in [0.15, 0.2) is 59.8 Å². The van der Waals surface area contributed by atoms with Gasteiger partial charge in [-0.2, -0.15) is 9.61 Å². The minimum Gasteiger partial charge on any atom is -0.383 e. The molecule has 1 aliphatic heterocycles. The first-order valence-corrected chi connectivity index (χ1v) is 14.6. The highest BCUT2D eigenvalue weighted by Crippen LogP contribution is 2.31. The summed E-state index contributed by atoms with van der Waals surface area (Å²) in [5.74, 6) is 0.0808. The minimum atomic E-state index is -3.97. The lowest BCUT2D eigenvalue weighted by molar-refractivity contribution is -0.127. The number of nitrogens with two attached hydrogens (primary N) is 1. The van der Waals surface area contributed by atoms with Crippen molar-refractivity contribution < 1.29 is 18.0 Å². The Hall–Kier alpha value is -3.87. The Labute approximate surface area is 240 Å². The number of nitrogen functional groups attached to an aromatic ring is 1. The summed E-state index contributed by atoms with van der Waals surface area (Å²) in [5.41, 5.74) is 8.46. The highest BCUT2D eigenvalue weighted by molar-refractivity contribution is 7.92. The van der Waals surface area contributed by atoms with Crippen molar-refractivity contribution in [3.8, 4) is 11.1 Å². The third kappa shape index (κ3) is 5.55. The van der Waals surface area contributed by atoms with Gasteiger partial charge >= 0.3 is 0 Å². The Bertz CT molecular complexity index is 1710. The van der Waals surface area contributed by atoms with E-state index < -0.39 is 10.0 Å². The summed E-state index contributed by atoms with van der Waals surface area (Å²) in [5, 5.41) is 7.15. The number of anilines is 2. The number of amides is 2. The molecule has 2 aromatic heterocycles. The molecule has 0 atom stereocenters. The molecule has 4 N–H and O–H groups in total. The van der Waals surface area contributed by atoms with E-state index in [0.717, 1.165) is 13.0 Å². The largest absolute Gasteiger partial charge is 0.383 e. The van der Waals surface area contributed by atoms with Crippen LogP contribution in [0.3, 0.4) is 0 Å². The summed E-state index contributed by atoms with van der Waals surface area (Å²) >= 11 is 12.0. The highest BCUT2D eigenvalue weighted by atomic mass is 35.5. The molecule has 40 heavy (non-hydrogen) atoms. The van der Waals surface area contributed by atoms with Gasteiger partial charge in [0.2, 0.25) is 5.91 Å². The topological polar surface area (TPSA) is 152 Å². The first-order valence-electron chi connectivity index (χ1n) is 12.4. The molecule has 0 aliphatic carbocycles. The number of hydrogen-bond donors (Lipinski definition) is 3. The van der Waals surface area contributed by atoms with Crippen molar-refractivity contribution in [2.45, 2.75) is 24.2 Å². The Morgan fingerprint density at radius 1 is 1.10 bits per heavy atom. The van der Waals surface area contributed by atoms with Crippen LogP contribution < -0.4 is 15.8 Å². The van der Waals surface area contributed by atoms with Crippen molar-refractivity contribution in [3.63, 3.8) is 0 Å². The number of carbonyl (C=O) groups excluding carboxylic acids is 2. The summed E-state index contributed by atoms with van der Waals surface area (Å²) in [6.45, 7) is 1.78. The van der Waals surface area contributed by atoms with Crippen LogP contribution in [0.2, 0.25) is 10.0 Å². The van der Waals surface area contributed by atoms with Crippen LogP contribution in [0, 0.1) is 0 Å². The molecular weight excluding hydrogens is 577 g/mol. The van der Waals surface area contributed by atoms with Gasteiger partial charge in [0.1, 0.15) is 16.3 Å². The van der Waals surface area contributed by atoms with E-state index >= 15 is 0 Å². The van der Waals surface area contributed by atoms with E-state index in [9.17, 15) is 18.0 Å². The number of halogens is 2. The molecule has 3 heterocycles. The van der Waals surface area contributed by atoms with Crippen molar-refractivity contribution in [3.05, 3.63) is 70.5 Å². The molecule has 5 rings (SSSR count). The molecule has 1 aliphatic rings. The lowest BCUT2D eigenvalue weighted by atomic mass is 10.1. The molecule has 0 spiro atoms. The van der Waals surface area contributed by atoms with E-state index in [1.54, 1.807) is 24.3 Å². The van der Waals surface area contributed by atoms with Crippen LogP contribution in [0.1, 0.15) is 29.6 Å². The molecule has 4 aromatic rings. The maximum absolute atomic E-state index is 12.8. The monoisotopic (exact) mass is 601 g/mol. The van der Waals surface area contributed by atoms with Gasteiger partial charge in [0, 0.05) is 43.5 Å². The van der Waals surface area contributed by atoms with Crippen molar-refractivity contribution in [1.29, 1.82) is 0 Å². The second-order valence-corrected chi connectivity index (χ2v) is 11.6. The Balaban J connectivity index is 1.27. The SMILES string of the molecule is Nc1c(-c2ccc(NS(=O)(=O)c3cccc(Cl)c3Cl)cc2)cnc2c(C(=O)NCCCN3CCCC3=O)cnn12. The Morgan fingerprint density at radius 2 is 1.88 bits per heavy atom. The average Bonchev–Trinajstić information content (AvgIpc) is 3.55. The third-order valence-corrected chi connectivity index (χ3v) is 8.88. The normalized spacial score (nSPS) is 13.7. The fraction of sp³-hybridized carbons (Fsp3) is 0.231. The van der Waals surface area contributed by atoms with Crippen molar-refractivity contribution in [1.82, 2.24) is 24.8 Å². The van der Waals surface area contributed by atoms with Gasteiger partial charge in [0.15, 0.2) is 5.65 Å². The minimum absolute atomic E-state index is 0.0636. The van der Waals surface area contributed by atoms with Gasteiger partial charge in [-0.15, -0.1) is 0 Å². The summed E-state index contributed by atoms with van der Waals surface area (Å²) in [6.07, 6.45) is 5.05. The van der Waals surface area contributed by atoms with Crippen molar-refractivity contribution in [2.24, 2.45) is 0 Å². The summed E-state index contributed by atoms with van der Waals surface area (Å²) < 4.78 is 29.5. The summed E-state index contributed by atoms with van der Waals surface area (Å²) in [7, 11) is -3.97. The smallest absolute Gasteiger partial charge is 0.263 e. The van der Waals surface area contributed by atoms with Crippen LogP contribution in [0.5, 0.6) is 0 Å². The average molecular weight is 603 g/mol. The fourth-order valence-electron chi connectivity index (χ4n) is 4.46. The molecule has 2 aromatic carbocycles. The molecule has 0 radical (unpaired) electrons. The van der Waals surface area contributed by atoms with Gasteiger partial charge in [0.25, 0.3) is 15.9 Å². The fourth-order valence-corrected chi connectivity index (χ4v) is 6.28. The first kappa shape index (κ1) is 27.7. The Kier molecular flexibility index (Phi) is 7.83. The number of likely N-dealkylation sites (tertiary alicyclic amines) is 1. The molecule has 0 unspecified atom stereocenters. The number of rotatable bonds is 9. The van der Waals surface area contributed by atoms with E-state index in [1.165, 1.54) is 35.1 Å². The Morgan fingerprint density at radius 3 is 2.60 bits per heavy atom. The molecule has 0 saturated carbocycles. The number of sulfonamides is 1. The maximum Gasteiger partial charge on any atom is 0.263 e. The number of hydrogen-bond acceptors (Lipinski definition) is 7. The molecule has 1 fully saturated rings. The van der Waals surface area contributed by atoms with Crippen molar-refractivity contribution >= 4 is 62.2 Å². The molecule has 11 nitrogen and oxygen atoms in total. The zero-order valence-electron chi connectivity index (χ0n) is 21.1. The first-order chi connectivity index (χ1) is 19.2. The van der Waals surface area contributed by atoms with E-state index in [4.69, 9.17) is 28.9 Å².